The molecule has 0 aliphatic rings. The quantitative estimate of drug-likeness (QED) is 0.321. The van der Waals surface area contributed by atoms with Crippen molar-refractivity contribution in [2.24, 2.45) is 5.92 Å². The van der Waals surface area contributed by atoms with Crippen LogP contribution >= 0.6 is 0 Å². The molecule has 2 rings (SSSR count). The fourth-order valence-corrected chi connectivity index (χ4v) is 2.41. The molecular weight excluding hydrogens is 456 g/mol. The number of rotatable bonds is 10. The van der Waals surface area contributed by atoms with E-state index < -0.39 is 18.1 Å². The van der Waals surface area contributed by atoms with E-state index in [4.69, 9.17) is 18.7 Å². The monoisotopic (exact) mass is 476 g/mol. The van der Waals surface area contributed by atoms with Crippen LogP contribution in [0.15, 0.2) is 60.7 Å². The van der Waals surface area contributed by atoms with Crippen LogP contribution in [-0.4, -0.2) is 17.4 Å². The predicted octanol–water partition coefficient (Wildman–Crippen LogP) is 3.25. The van der Waals surface area contributed by atoms with Crippen LogP contribution in [0.5, 0.6) is 0 Å². The normalized spacial score (nSPS) is 11.4. The zero-order chi connectivity index (χ0) is 24.1. The van der Waals surface area contributed by atoms with Crippen molar-refractivity contribution in [3.8, 4) is 0 Å². The van der Waals surface area contributed by atoms with E-state index in [1.165, 1.54) is 19.3 Å². The Bertz CT molecular complexity index is 774. The number of benzene rings is 2. The van der Waals surface area contributed by atoms with E-state index in [-0.39, 0.29) is 22.9 Å². The number of carbonyl (C=O) groups is 1. The summed E-state index contributed by atoms with van der Waals surface area (Å²) >= 11 is 0. The van der Waals surface area contributed by atoms with Gasteiger partial charge in [0.25, 0.3) is 0 Å². The molecule has 0 heterocycles. The Morgan fingerprint density at radius 2 is 1.38 bits per heavy atom. The van der Waals surface area contributed by atoms with Gasteiger partial charge in [-0.15, -0.1) is 0 Å². The van der Waals surface area contributed by atoms with Crippen LogP contribution in [-0.2, 0) is 45.4 Å². The minimum atomic E-state index is -0.872. The first-order valence-corrected chi connectivity index (χ1v) is 8.61. The molecule has 3 radical (unpaired) electrons. The molecule has 0 aliphatic carbocycles. The van der Waals surface area contributed by atoms with Crippen molar-refractivity contribution in [3.63, 3.8) is 0 Å². The number of hydrogen-bond acceptors (Lipinski definition) is 4. The molecule has 0 aliphatic heterocycles. The van der Waals surface area contributed by atoms with E-state index >= 15 is 0 Å². The van der Waals surface area contributed by atoms with Crippen molar-refractivity contribution in [2.45, 2.75) is 19.1 Å². The number of carbonyl (C=O) groups excluding carboxylic acids is 2. The molecule has 32 heavy (non-hydrogen) atoms. The van der Waals surface area contributed by atoms with E-state index in [0.717, 1.165) is 5.56 Å². The van der Waals surface area contributed by atoms with E-state index in [0.29, 0.717) is 5.56 Å². The summed E-state index contributed by atoms with van der Waals surface area (Å²) in [6.07, 6.45) is 3.02. The number of Topliss-reactive ketones (excluding diaryl/α,β-unsaturated/α-hetero) is 1. The predicted molar refractivity (Wildman–Crippen MR) is 106 cm³/mol. The smallest absolute Gasteiger partial charge is 0 e. The summed E-state index contributed by atoms with van der Waals surface area (Å²) < 4.78 is 27.4. The van der Waals surface area contributed by atoms with Gasteiger partial charge in [-0.3, -0.25) is 4.79 Å². The summed E-state index contributed by atoms with van der Waals surface area (Å²) in [6.45, 7) is 16.6. The van der Waals surface area contributed by atoms with Crippen LogP contribution in [0, 0.1) is 45.1 Å². The summed E-state index contributed by atoms with van der Waals surface area (Å²) in [5.41, 5.74) is 1.47. The Hall–Kier alpha value is -2.72. The standard InChI is InChI=1S/C21H20O4.3CO.Fe/c1-16(21(24)18-11-6-3-7-12-18)19(23)13-8-14-20(25-15-22)17-9-4-2-5-10-17;3*1-2;/h2-14,16,20-21,24H,1H3;;;;/q-1;;;;/t16-,20+,21-;;;;/m1..../s1. The van der Waals surface area contributed by atoms with Gasteiger partial charge in [-0.25, -0.2) is 0 Å². The number of aliphatic hydroxyl groups is 1. The average molecular weight is 476 g/mol. The summed E-state index contributed by atoms with van der Waals surface area (Å²) in [6, 6.07) is 18.2. The van der Waals surface area contributed by atoms with Gasteiger partial charge in [0.1, 0.15) is 5.78 Å². The molecule has 2 aromatic rings. The van der Waals surface area contributed by atoms with Crippen molar-refractivity contribution in [2.75, 3.05) is 0 Å². The van der Waals surface area contributed by atoms with Gasteiger partial charge in [-0.1, -0.05) is 74.1 Å². The van der Waals surface area contributed by atoms with E-state index in [1.807, 2.05) is 48.5 Å². The maximum atomic E-state index is 12.2. The molecule has 0 aromatic heterocycles. The third-order valence-corrected chi connectivity index (χ3v) is 3.91. The fourth-order valence-electron chi connectivity index (χ4n) is 2.41. The molecular formula is C24H20FeO7-. The minimum Gasteiger partial charge on any atom is 0 e. The molecule has 7 nitrogen and oxygen atoms in total. The number of aliphatic hydroxyl groups excluding tert-OH is 1. The first-order valence-electron chi connectivity index (χ1n) is 8.61. The van der Waals surface area contributed by atoms with E-state index in [2.05, 4.69) is 20.0 Å². The first kappa shape index (κ1) is 33.9. The van der Waals surface area contributed by atoms with Gasteiger partial charge >= 0.3 is 33.9 Å². The number of ether oxygens (including phenoxy) is 1. The molecule has 3 atom stereocenters. The Morgan fingerprint density at radius 3 is 1.81 bits per heavy atom. The third-order valence-electron chi connectivity index (χ3n) is 3.91. The largest absolute Gasteiger partial charge is 0 e. The van der Waals surface area contributed by atoms with Gasteiger partial charge in [-0.05, 0) is 17.5 Å². The zero-order valence-corrected chi connectivity index (χ0v) is 18.1. The van der Waals surface area contributed by atoms with Crippen LogP contribution in [0.4, 0.5) is 0 Å². The first-order chi connectivity index (χ1) is 15.1. The van der Waals surface area contributed by atoms with Gasteiger partial charge in [0.2, 0.25) is 0 Å². The molecule has 2 aromatic carbocycles. The molecule has 0 fully saturated rings. The summed E-state index contributed by atoms with van der Waals surface area (Å²) in [5, 5.41) is 10.3. The van der Waals surface area contributed by atoms with Crippen LogP contribution in [0.25, 0.3) is 0 Å². The molecule has 0 unspecified atom stereocenters. The molecule has 0 saturated carbocycles. The molecule has 0 saturated heterocycles. The van der Waals surface area contributed by atoms with Crippen LogP contribution in [0.2, 0.25) is 0 Å². The van der Waals surface area contributed by atoms with Crippen molar-refractivity contribution < 1.29 is 50.5 Å². The van der Waals surface area contributed by atoms with Crippen LogP contribution in [0.1, 0.15) is 30.3 Å². The van der Waals surface area contributed by atoms with Crippen molar-refractivity contribution in [3.05, 3.63) is 111 Å². The van der Waals surface area contributed by atoms with E-state index in [9.17, 15) is 14.7 Å². The van der Waals surface area contributed by atoms with Crippen LogP contribution < -0.4 is 0 Å². The van der Waals surface area contributed by atoms with Gasteiger partial charge in [-0.2, -0.15) is 0 Å². The minimum absolute atomic E-state index is 0. The second-order valence-corrected chi connectivity index (χ2v) is 5.63. The zero-order valence-electron chi connectivity index (χ0n) is 17.0. The molecule has 1 N–H and O–H groups in total. The molecule has 0 spiro atoms. The Morgan fingerprint density at radius 1 is 0.938 bits per heavy atom. The maximum Gasteiger partial charge on any atom is 0 e. The van der Waals surface area contributed by atoms with Crippen molar-refractivity contribution >= 4 is 12.3 Å². The van der Waals surface area contributed by atoms with Gasteiger partial charge in [0.15, 0.2) is 0 Å². The van der Waals surface area contributed by atoms with Crippen LogP contribution in [0.3, 0.4) is 0 Å². The molecule has 167 valence electrons. The SMILES string of the molecule is C[C@H](C(=O)[CH][CH][CH][C@H](O[C-]=O)c1ccccc1)[C@@H](O)c1ccccc1.[C-]#[O+].[C-]#[O+].[C-]#[O+].[Fe]. The second-order valence-electron chi connectivity index (χ2n) is 5.63. The van der Waals surface area contributed by atoms with Gasteiger partial charge in [0, 0.05) is 35.8 Å². The summed E-state index contributed by atoms with van der Waals surface area (Å²) in [5.74, 6) is -0.796. The number of ketones is 1. The Balaban J connectivity index is -0.00000111. The topological polar surface area (TPSA) is 123 Å². The molecule has 8 heteroatoms. The average Bonchev–Trinajstić information content (AvgIpc) is 2.87. The second kappa shape index (κ2) is 23.0. The van der Waals surface area contributed by atoms with Crippen molar-refractivity contribution in [1.82, 2.24) is 0 Å². The summed E-state index contributed by atoms with van der Waals surface area (Å²) in [7, 11) is 0. The Kier molecular flexibility index (Phi) is 24.3. The summed E-state index contributed by atoms with van der Waals surface area (Å²) in [4.78, 5) is 22.8. The van der Waals surface area contributed by atoms with E-state index in [1.54, 1.807) is 25.5 Å². The van der Waals surface area contributed by atoms with Gasteiger partial charge in [0.05, 0.1) is 12.2 Å². The fraction of sp³-hybridized carbons (Fsp3) is 0.167. The molecule has 0 amide bonds. The third kappa shape index (κ3) is 12.9. The maximum absolute atomic E-state index is 12.2. The Labute approximate surface area is 198 Å². The van der Waals surface area contributed by atoms with Crippen molar-refractivity contribution in [1.29, 1.82) is 0 Å². The van der Waals surface area contributed by atoms with Gasteiger partial charge < -0.3 is 14.6 Å². The molecule has 0 bridgehead atoms. The number of hydrogen-bond donors (Lipinski definition) is 1.